The van der Waals surface area contributed by atoms with Crippen molar-refractivity contribution < 1.29 is 9.53 Å². The van der Waals surface area contributed by atoms with Crippen LogP contribution in [0.15, 0.2) is 30.3 Å². The molecule has 1 unspecified atom stereocenters. The fourth-order valence-corrected chi connectivity index (χ4v) is 2.19. The lowest BCUT2D eigenvalue weighted by molar-refractivity contribution is -0.00493. The highest BCUT2D eigenvalue weighted by molar-refractivity contribution is 5.85. The van der Waals surface area contributed by atoms with Gasteiger partial charge >= 0.3 is 6.09 Å². The molecular weight excluding hydrogens is 288 g/mol. The van der Waals surface area contributed by atoms with Gasteiger partial charge in [-0.2, -0.15) is 0 Å². The number of carbonyl (C=O) groups is 1. The number of hydrogen-bond acceptors (Lipinski definition) is 3. The summed E-state index contributed by atoms with van der Waals surface area (Å²) in [6.07, 6.45) is 0.844. The smallest absolute Gasteiger partial charge is 0.410 e. The van der Waals surface area contributed by atoms with E-state index in [1.165, 1.54) is 5.56 Å². The number of hydrogen-bond donors (Lipinski definition) is 1. The summed E-state index contributed by atoms with van der Waals surface area (Å²) in [5.41, 5.74) is 0.838. The Bertz CT molecular complexity index is 445. The molecule has 0 aliphatic carbocycles. The second-order valence-electron chi connectivity index (χ2n) is 6.23. The van der Waals surface area contributed by atoms with Crippen molar-refractivity contribution in [2.75, 3.05) is 13.1 Å². The summed E-state index contributed by atoms with van der Waals surface area (Å²) in [7, 11) is 0. The number of halogens is 1. The van der Waals surface area contributed by atoms with Crippen LogP contribution < -0.4 is 5.32 Å². The van der Waals surface area contributed by atoms with E-state index in [-0.39, 0.29) is 24.5 Å². The molecule has 1 heterocycles. The van der Waals surface area contributed by atoms with Crippen molar-refractivity contribution in [2.24, 2.45) is 0 Å². The second-order valence-corrected chi connectivity index (χ2v) is 6.23. The molecule has 21 heavy (non-hydrogen) atoms. The lowest BCUT2D eigenvalue weighted by atomic mass is 10.0. The van der Waals surface area contributed by atoms with Gasteiger partial charge in [-0.1, -0.05) is 30.3 Å². The van der Waals surface area contributed by atoms with Crippen LogP contribution in [0.2, 0.25) is 0 Å². The fraction of sp³-hybridized carbons (Fsp3) is 0.562. The Labute approximate surface area is 133 Å². The normalized spacial score (nSPS) is 17.7. The van der Waals surface area contributed by atoms with E-state index in [2.05, 4.69) is 17.4 Å². The molecular formula is C16H25ClN2O2. The Morgan fingerprint density at radius 3 is 2.52 bits per heavy atom. The first-order valence-corrected chi connectivity index (χ1v) is 7.20. The molecule has 4 nitrogen and oxygen atoms in total. The van der Waals surface area contributed by atoms with Crippen LogP contribution in [0.3, 0.4) is 0 Å². The van der Waals surface area contributed by atoms with Gasteiger partial charge in [-0.3, -0.25) is 0 Å². The van der Waals surface area contributed by atoms with Gasteiger partial charge < -0.3 is 15.0 Å². The summed E-state index contributed by atoms with van der Waals surface area (Å²) in [6, 6.07) is 10.5. The fourth-order valence-electron chi connectivity index (χ4n) is 2.19. The van der Waals surface area contributed by atoms with Gasteiger partial charge in [0.15, 0.2) is 0 Å². The van der Waals surface area contributed by atoms with Crippen molar-refractivity contribution >= 4 is 18.5 Å². The topological polar surface area (TPSA) is 41.6 Å². The first-order valence-electron chi connectivity index (χ1n) is 7.20. The number of carbonyl (C=O) groups excluding carboxylic acids is 1. The molecule has 5 heteroatoms. The largest absolute Gasteiger partial charge is 0.444 e. The van der Waals surface area contributed by atoms with Crippen molar-refractivity contribution in [3.8, 4) is 0 Å². The van der Waals surface area contributed by atoms with Gasteiger partial charge in [0.05, 0.1) is 0 Å². The average Bonchev–Trinajstić information content (AvgIpc) is 2.32. The van der Waals surface area contributed by atoms with Crippen LogP contribution in [0.1, 0.15) is 32.8 Å². The van der Waals surface area contributed by atoms with Gasteiger partial charge in [0, 0.05) is 25.7 Å². The van der Waals surface area contributed by atoms with E-state index in [1.807, 2.05) is 43.9 Å². The van der Waals surface area contributed by atoms with Crippen LogP contribution in [-0.4, -0.2) is 35.7 Å². The summed E-state index contributed by atoms with van der Waals surface area (Å²) < 4.78 is 5.40. The summed E-state index contributed by atoms with van der Waals surface area (Å²) in [6.45, 7) is 8.13. The van der Waals surface area contributed by atoms with Crippen LogP contribution in [0.4, 0.5) is 4.79 Å². The van der Waals surface area contributed by atoms with Crippen LogP contribution in [0.25, 0.3) is 0 Å². The first kappa shape index (κ1) is 17.8. The van der Waals surface area contributed by atoms with E-state index < -0.39 is 5.60 Å². The molecule has 2 rings (SSSR count). The Balaban J connectivity index is 0.00000220. The number of rotatable bonds is 4. The minimum Gasteiger partial charge on any atom is -0.444 e. The van der Waals surface area contributed by atoms with E-state index in [0.29, 0.717) is 0 Å². The predicted molar refractivity (Wildman–Crippen MR) is 86.7 cm³/mol. The zero-order valence-corrected chi connectivity index (χ0v) is 13.8. The molecule has 1 fully saturated rings. The summed E-state index contributed by atoms with van der Waals surface area (Å²) in [4.78, 5) is 13.8. The monoisotopic (exact) mass is 312 g/mol. The highest BCUT2D eigenvalue weighted by Gasteiger charge is 2.34. The maximum absolute atomic E-state index is 12.0. The standard InChI is InChI=1S/C16H24N2O2.ClH/c1-16(2,3)20-15(19)18-10-9-14(18)12-17-11-13-7-5-4-6-8-13;/h4-8,14,17H,9-12H2,1-3H3;1H. The summed E-state index contributed by atoms with van der Waals surface area (Å²) in [5, 5.41) is 3.40. The minimum atomic E-state index is -0.422. The van der Waals surface area contributed by atoms with E-state index in [4.69, 9.17) is 4.74 Å². The Morgan fingerprint density at radius 1 is 1.33 bits per heavy atom. The van der Waals surface area contributed by atoms with Crippen molar-refractivity contribution in [1.29, 1.82) is 0 Å². The van der Waals surface area contributed by atoms with Gasteiger partial charge in [0.2, 0.25) is 0 Å². The van der Waals surface area contributed by atoms with Crippen molar-refractivity contribution in [1.82, 2.24) is 10.2 Å². The molecule has 0 radical (unpaired) electrons. The molecule has 1 amide bonds. The highest BCUT2D eigenvalue weighted by atomic mass is 35.5. The van der Waals surface area contributed by atoms with E-state index in [1.54, 1.807) is 0 Å². The Hall–Kier alpha value is -1.26. The second kappa shape index (κ2) is 7.66. The number of benzene rings is 1. The predicted octanol–water partition coefficient (Wildman–Crippen LogP) is 3.21. The summed E-state index contributed by atoms with van der Waals surface area (Å²) in [5.74, 6) is 0. The van der Waals surface area contributed by atoms with Crippen LogP contribution in [0, 0.1) is 0 Å². The maximum atomic E-state index is 12.0. The van der Waals surface area contributed by atoms with E-state index in [9.17, 15) is 4.79 Å². The quantitative estimate of drug-likeness (QED) is 0.928. The molecule has 1 N–H and O–H groups in total. The van der Waals surface area contributed by atoms with Gasteiger partial charge in [-0.15, -0.1) is 12.4 Å². The molecule has 0 saturated carbocycles. The van der Waals surface area contributed by atoms with Crippen molar-refractivity contribution in [3.63, 3.8) is 0 Å². The van der Waals surface area contributed by atoms with Gasteiger partial charge in [0.25, 0.3) is 0 Å². The molecule has 1 aromatic rings. The van der Waals surface area contributed by atoms with E-state index in [0.717, 1.165) is 26.1 Å². The SMILES string of the molecule is CC(C)(C)OC(=O)N1CCC1CNCc1ccccc1.Cl. The molecule has 1 aliphatic rings. The number of ether oxygens (including phenoxy) is 1. The molecule has 1 saturated heterocycles. The van der Waals surface area contributed by atoms with Gasteiger partial charge in [-0.25, -0.2) is 4.79 Å². The lowest BCUT2D eigenvalue weighted by Crippen LogP contribution is -2.56. The average molecular weight is 313 g/mol. The third-order valence-electron chi connectivity index (χ3n) is 3.32. The van der Waals surface area contributed by atoms with Crippen molar-refractivity contribution in [3.05, 3.63) is 35.9 Å². The molecule has 1 atom stereocenters. The Morgan fingerprint density at radius 2 is 2.00 bits per heavy atom. The molecule has 0 spiro atoms. The van der Waals surface area contributed by atoms with Crippen molar-refractivity contribution in [2.45, 2.75) is 45.4 Å². The Kier molecular flexibility index (Phi) is 6.49. The first-order chi connectivity index (χ1) is 9.46. The number of nitrogens with one attached hydrogen (secondary N) is 1. The van der Waals surface area contributed by atoms with Gasteiger partial charge in [0.1, 0.15) is 5.60 Å². The molecule has 118 valence electrons. The summed E-state index contributed by atoms with van der Waals surface area (Å²) >= 11 is 0. The third kappa shape index (κ3) is 5.56. The van der Waals surface area contributed by atoms with Crippen LogP contribution in [0.5, 0.6) is 0 Å². The molecule has 1 aliphatic heterocycles. The minimum absolute atomic E-state index is 0. The third-order valence-corrected chi connectivity index (χ3v) is 3.32. The van der Waals surface area contributed by atoms with E-state index >= 15 is 0 Å². The zero-order chi connectivity index (χ0) is 14.6. The maximum Gasteiger partial charge on any atom is 0.410 e. The van der Waals surface area contributed by atoms with Crippen LogP contribution >= 0.6 is 12.4 Å². The number of nitrogens with zero attached hydrogens (tertiary/aromatic N) is 1. The molecule has 0 aromatic heterocycles. The van der Waals surface area contributed by atoms with Gasteiger partial charge in [-0.05, 0) is 32.8 Å². The molecule has 1 aromatic carbocycles. The highest BCUT2D eigenvalue weighted by Crippen LogP contribution is 2.20. The number of likely N-dealkylation sites (tertiary alicyclic amines) is 1. The molecule has 0 bridgehead atoms. The lowest BCUT2D eigenvalue weighted by Gasteiger charge is -2.41. The number of amides is 1. The zero-order valence-electron chi connectivity index (χ0n) is 13.0. The van der Waals surface area contributed by atoms with Crippen LogP contribution in [-0.2, 0) is 11.3 Å².